The normalized spacial score (nSPS) is 11.0. The van der Waals surface area contributed by atoms with E-state index in [1.54, 1.807) is 0 Å². The van der Waals surface area contributed by atoms with Gasteiger partial charge in [-0.3, -0.25) is 0 Å². The van der Waals surface area contributed by atoms with E-state index in [4.69, 9.17) is 0 Å². The van der Waals surface area contributed by atoms with Crippen molar-refractivity contribution in [2.24, 2.45) is 0 Å². The van der Waals surface area contributed by atoms with Crippen LogP contribution in [0.1, 0.15) is 16.7 Å². The Kier molecular flexibility index (Phi) is 9.11. The monoisotopic (exact) mass is 665 g/mol. The quantitative estimate of drug-likeness (QED) is 0.144. The highest BCUT2D eigenvalue weighted by atomic mass is 15.1. The number of nitrogens with zero attached hydrogens (tertiary/aromatic N) is 3. The molecule has 0 unspecified atom stereocenters. The highest BCUT2D eigenvalue weighted by Gasteiger charge is 2.14. The van der Waals surface area contributed by atoms with E-state index in [-0.39, 0.29) is 0 Å². The van der Waals surface area contributed by atoms with Crippen LogP contribution in [0.5, 0.6) is 0 Å². The summed E-state index contributed by atoms with van der Waals surface area (Å²) in [7, 11) is 0. The van der Waals surface area contributed by atoms with E-state index in [0.717, 1.165) is 56.4 Å². The predicted molar refractivity (Wildman–Crippen MR) is 219 cm³/mol. The molecular weight excluding hydrogens is 631 g/mol. The minimum atomic E-state index is 0.641. The van der Waals surface area contributed by atoms with E-state index in [1.165, 1.54) is 10.8 Å². The van der Waals surface area contributed by atoms with E-state index < -0.39 is 0 Å². The van der Waals surface area contributed by atoms with E-state index in [2.05, 4.69) is 192 Å². The summed E-state index contributed by atoms with van der Waals surface area (Å²) in [5.74, 6) is 0. The average Bonchev–Trinajstić information content (AvgIpc) is 3.22. The topological polar surface area (TPSA) is 30.3 Å². The molecule has 52 heavy (non-hydrogen) atoms. The molecule has 0 spiro atoms. The Morgan fingerprint density at radius 3 is 1.27 bits per heavy atom. The third-order valence-corrected chi connectivity index (χ3v) is 9.26. The molecule has 0 aliphatic rings. The van der Waals surface area contributed by atoms with Crippen molar-refractivity contribution < 1.29 is 0 Å². The van der Waals surface area contributed by atoms with E-state index in [1.807, 2.05) is 36.4 Å². The Bertz CT molecular complexity index is 2440. The van der Waals surface area contributed by atoms with Crippen molar-refractivity contribution in [2.75, 3.05) is 9.80 Å². The van der Waals surface area contributed by atoms with Gasteiger partial charge in [-0.15, -0.1) is 0 Å². The number of para-hydroxylation sites is 2. The summed E-state index contributed by atoms with van der Waals surface area (Å²) in [5, 5.41) is 11.8. The number of rotatable bonds is 9. The molecule has 3 nitrogen and oxygen atoms in total. The third-order valence-electron chi connectivity index (χ3n) is 9.26. The number of fused-ring (bicyclic) bond motifs is 1. The van der Waals surface area contributed by atoms with Gasteiger partial charge < -0.3 is 9.80 Å². The largest absolute Gasteiger partial charge is 0.311 e. The predicted octanol–water partition coefficient (Wildman–Crippen LogP) is 13.5. The molecule has 0 aliphatic heterocycles. The molecule has 0 aromatic heterocycles. The summed E-state index contributed by atoms with van der Waals surface area (Å²) in [5.41, 5.74) is 11.7. The Labute approximate surface area is 305 Å². The molecule has 8 aromatic carbocycles. The number of anilines is 6. The van der Waals surface area contributed by atoms with Crippen molar-refractivity contribution in [3.63, 3.8) is 0 Å². The van der Waals surface area contributed by atoms with Crippen LogP contribution in [0, 0.1) is 11.3 Å². The second-order valence-corrected chi connectivity index (χ2v) is 12.6. The van der Waals surface area contributed by atoms with Crippen molar-refractivity contribution in [1.82, 2.24) is 0 Å². The molecule has 0 saturated carbocycles. The first-order valence-electron chi connectivity index (χ1n) is 17.4. The van der Waals surface area contributed by atoms with Crippen molar-refractivity contribution in [3.8, 4) is 17.2 Å². The Morgan fingerprint density at radius 2 is 0.731 bits per heavy atom. The summed E-state index contributed by atoms with van der Waals surface area (Å²) < 4.78 is 0. The van der Waals surface area contributed by atoms with Crippen molar-refractivity contribution in [2.45, 2.75) is 0 Å². The van der Waals surface area contributed by atoms with Crippen LogP contribution in [0.25, 0.3) is 34.1 Å². The minimum absolute atomic E-state index is 0.641. The summed E-state index contributed by atoms with van der Waals surface area (Å²) in [6.07, 6.45) is 4.32. The van der Waals surface area contributed by atoms with Gasteiger partial charge in [0.15, 0.2) is 0 Å². The first-order valence-corrected chi connectivity index (χ1v) is 17.4. The van der Waals surface area contributed by atoms with Gasteiger partial charge in [0.25, 0.3) is 0 Å². The van der Waals surface area contributed by atoms with Gasteiger partial charge in [-0.2, -0.15) is 5.26 Å². The van der Waals surface area contributed by atoms with Crippen LogP contribution in [0.2, 0.25) is 0 Å². The third kappa shape index (κ3) is 6.96. The fraction of sp³-hybridized carbons (Fsp3) is 0. The molecule has 8 rings (SSSR count). The maximum Gasteiger partial charge on any atom is 0.0991 e. The molecule has 8 aromatic rings. The minimum Gasteiger partial charge on any atom is -0.311 e. The first kappa shape index (κ1) is 32.1. The molecule has 0 fully saturated rings. The standard InChI is InChI=1S/C49H35N3/c50-36-39-21-30-47(31-22-39)52(49-34-27-40-9-7-8-10-43(40)35-49)48-32-25-42(26-33-48)41-23-17-37(18-24-41)15-16-38-19-28-46(29-20-38)51(44-11-3-1-4-12-44)45-13-5-2-6-14-45/h1-35H/b16-15+. The van der Waals surface area contributed by atoms with Crippen molar-refractivity contribution in [1.29, 1.82) is 5.26 Å². The molecule has 3 heteroatoms. The summed E-state index contributed by atoms with van der Waals surface area (Å²) in [4.78, 5) is 4.51. The molecule has 0 saturated heterocycles. The fourth-order valence-corrected chi connectivity index (χ4v) is 6.57. The Morgan fingerprint density at radius 1 is 0.346 bits per heavy atom. The van der Waals surface area contributed by atoms with Gasteiger partial charge >= 0.3 is 0 Å². The van der Waals surface area contributed by atoms with Crippen LogP contribution < -0.4 is 9.80 Å². The average molecular weight is 666 g/mol. The lowest BCUT2D eigenvalue weighted by Crippen LogP contribution is -2.09. The highest BCUT2D eigenvalue weighted by Crippen LogP contribution is 2.38. The lowest BCUT2D eigenvalue weighted by molar-refractivity contribution is 1.28. The molecule has 0 aliphatic carbocycles. The molecule has 246 valence electrons. The number of hydrogen-bond donors (Lipinski definition) is 0. The number of benzene rings is 8. The SMILES string of the molecule is N#Cc1ccc(N(c2ccc(-c3ccc(/C=C/c4ccc(N(c5ccccc5)c5ccccc5)cc4)cc3)cc2)c2ccc3ccccc3c2)cc1. The molecule has 0 radical (unpaired) electrons. The van der Waals surface area contributed by atoms with Crippen LogP contribution in [0.15, 0.2) is 200 Å². The van der Waals surface area contributed by atoms with Crippen LogP contribution in [-0.2, 0) is 0 Å². The zero-order chi connectivity index (χ0) is 35.1. The second-order valence-electron chi connectivity index (χ2n) is 12.6. The lowest BCUT2D eigenvalue weighted by atomic mass is 10.0. The van der Waals surface area contributed by atoms with Gasteiger partial charge in [0.05, 0.1) is 11.6 Å². The van der Waals surface area contributed by atoms with Gasteiger partial charge in [-0.25, -0.2) is 0 Å². The number of hydrogen-bond acceptors (Lipinski definition) is 3. The molecule has 0 amide bonds. The van der Waals surface area contributed by atoms with Gasteiger partial charge in [-0.1, -0.05) is 127 Å². The van der Waals surface area contributed by atoms with Crippen molar-refractivity contribution in [3.05, 3.63) is 217 Å². The smallest absolute Gasteiger partial charge is 0.0991 e. The Balaban J connectivity index is 1.00. The van der Waals surface area contributed by atoms with Crippen LogP contribution in [0.3, 0.4) is 0 Å². The van der Waals surface area contributed by atoms with Crippen molar-refractivity contribution >= 4 is 57.0 Å². The van der Waals surface area contributed by atoms with Gasteiger partial charge in [-0.05, 0) is 118 Å². The molecular formula is C49H35N3. The van der Waals surface area contributed by atoms with Crippen LogP contribution >= 0.6 is 0 Å². The van der Waals surface area contributed by atoms with E-state index in [0.29, 0.717) is 5.56 Å². The Hall–Kier alpha value is -7.15. The maximum atomic E-state index is 9.38. The van der Waals surface area contributed by atoms with Gasteiger partial charge in [0.1, 0.15) is 0 Å². The van der Waals surface area contributed by atoms with E-state index in [9.17, 15) is 5.26 Å². The molecule has 0 heterocycles. The zero-order valence-electron chi connectivity index (χ0n) is 28.5. The first-order chi connectivity index (χ1) is 25.7. The molecule has 0 N–H and O–H groups in total. The zero-order valence-corrected chi connectivity index (χ0v) is 28.5. The lowest BCUT2D eigenvalue weighted by Gasteiger charge is -2.26. The van der Waals surface area contributed by atoms with Crippen LogP contribution in [0.4, 0.5) is 34.1 Å². The van der Waals surface area contributed by atoms with E-state index >= 15 is 0 Å². The van der Waals surface area contributed by atoms with Gasteiger partial charge in [0, 0.05) is 34.1 Å². The molecule has 0 bridgehead atoms. The van der Waals surface area contributed by atoms with Crippen LogP contribution in [-0.4, -0.2) is 0 Å². The summed E-state index contributed by atoms with van der Waals surface area (Å²) >= 11 is 0. The molecule has 0 atom stereocenters. The highest BCUT2D eigenvalue weighted by molar-refractivity contribution is 5.89. The summed E-state index contributed by atoms with van der Waals surface area (Å²) in [6, 6.07) is 71.9. The summed E-state index contributed by atoms with van der Waals surface area (Å²) in [6.45, 7) is 0. The maximum absolute atomic E-state index is 9.38. The second kappa shape index (κ2) is 14.8. The number of nitriles is 1. The fourth-order valence-electron chi connectivity index (χ4n) is 6.57. The van der Waals surface area contributed by atoms with Gasteiger partial charge in [0.2, 0.25) is 0 Å².